The summed E-state index contributed by atoms with van der Waals surface area (Å²) in [5, 5.41) is 7.92. The third kappa shape index (κ3) is 6.98. The van der Waals surface area contributed by atoms with Crippen molar-refractivity contribution in [1.29, 1.82) is 0 Å². The highest BCUT2D eigenvalue weighted by molar-refractivity contribution is 5.96. The SMILES string of the molecule is CNC(=O)[C@@H](NC(=O)c1ccc(-c2cc(CNC(=O)c3ccnc(C(F)(F)F)n3)ccn2)o1)C1CCCCC1. The summed E-state index contributed by atoms with van der Waals surface area (Å²) in [4.78, 5) is 48.3. The molecule has 3 aromatic heterocycles. The molecule has 0 aliphatic heterocycles. The van der Waals surface area contributed by atoms with E-state index in [1.807, 2.05) is 0 Å². The van der Waals surface area contributed by atoms with Gasteiger partial charge in [-0.3, -0.25) is 19.4 Å². The number of carbonyl (C=O) groups excluding carboxylic acids is 3. The molecule has 3 heterocycles. The summed E-state index contributed by atoms with van der Waals surface area (Å²) in [7, 11) is 1.53. The van der Waals surface area contributed by atoms with Crippen molar-refractivity contribution in [2.24, 2.45) is 5.92 Å². The number of nitrogens with zero attached hydrogens (tertiary/aromatic N) is 3. The fourth-order valence-electron chi connectivity index (χ4n) is 4.44. The highest BCUT2D eigenvalue weighted by Crippen LogP contribution is 2.28. The molecule has 206 valence electrons. The van der Waals surface area contributed by atoms with Gasteiger partial charge in [0.1, 0.15) is 17.4 Å². The molecule has 13 heteroatoms. The van der Waals surface area contributed by atoms with Gasteiger partial charge in [0.05, 0.1) is 0 Å². The normalized spacial score (nSPS) is 14.9. The van der Waals surface area contributed by atoms with Gasteiger partial charge >= 0.3 is 6.18 Å². The zero-order valence-corrected chi connectivity index (χ0v) is 21.0. The molecule has 1 aliphatic rings. The van der Waals surface area contributed by atoms with Crippen LogP contribution in [0, 0.1) is 5.92 Å². The van der Waals surface area contributed by atoms with Crippen LogP contribution >= 0.6 is 0 Å². The van der Waals surface area contributed by atoms with Crippen LogP contribution in [0.4, 0.5) is 13.2 Å². The molecule has 1 fully saturated rings. The number of furan rings is 1. The van der Waals surface area contributed by atoms with E-state index in [9.17, 15) is 27.6 Å². The first-order chi connectivity index (χ1) is 18.7. The monoisotopic (exact) mass is 544 g/mol. The molecule has 0 unspecified atom stereocenters. The number of alkyl halides is 3. The standard InChI is InChI=1S/C26H27F3N6O4/c1-30-24(38)21(16-5-3-2-4-6-16)35-23(37)20-8-7-19(39-20)18-13-15(9-11-31-18)14-33-22(36)17-10-12-32-25(34-17)26(27,28)29/h7-13,16,21H,2-6,14H2,1H3,(H,30,38)(H,33,36)(H,35,37)/t21-/m0/s1. The van der Waals surface area contributed by atoms with Crippen molar-refractivity contribution in [3.8, 4) is 11.5 Å². The minimum atomic E-state index is -4.77. The van der Waals surface area contributed by atoms with E-state index in [1.165, 1.54) is 19.3 Å². The van der Waals surface area contributed by atoms with Gasteiger partial charge < -0.3 is 20.4 Å². The number of hydrogen-bond donors (Lipinski definition) is 3. The van der Waals surface area contributed by atoms with E-state index in [0.717, 1.165) is 44.4 Å². The molecule has 1 aliphatic carbocycles. The number of halogens is 3. The summed E-state index contributed by atoms with van der Waals surface area (Å²) in [5.74, 6) is -2.64. The van der Waals surface area contributed by atoms with E-state index >= 15 is 0 Å². The van der Waals surface area contributed by atoms with E-state index in [2.05, 4.69) is 30.9 Å². The topological polar surface area (TPSA) is 139 Å². The van der Waals surface area contributed by atoms with Crippen LogP contribution in [0.15, 0.2) is 47.1 Å². The lowest BCUT2D eigenvalue weighted by molar-refractivity contribution is -0.145. The van der Waals surface area contributed by atoms with Crippen LogP contribution in [0.25, 0.3) is 11.5 Å². The number of hydrogen-bond acceptors (Lipinski definition) is 7. The quantitative estimate of drug-likeness (QED) is 0.394. The van der Waals surface area contributed by atoms with Gasteiger partial charge in [0.15, 0.2) is 11.5 Å². The zero-order chi connectivity index (χ0) is 28.0. The molecule has 0 spiro atoms. The summed E-state index contributed by atoms with van der Waals surface area (Å²) in [6, 6.07) is 6.69. The number of likely N-dealkylation sites (N-methyl/N-ethyl adjacent to an activating group) is 1. The molecule has 0 radical (unpaired) electrons. The van der Waals surface area contributed by atoms with Crippen molar-refractivity contribution in [2.75, 3.05) is 7.05 Å². The van der Waals surface area contributed by atoms with E-state index in [4.69, 9.17) is 4.42 Å². The van der Waals surface area contributed by atoms with E-state index < -0.39 is 35.6 Å². The maximum Gasteiger partial charge on any atom is 0.451 e. The average molecular weight is 545 g/mol. The average Bonchev–Trinajstić information content (AvgIpc) is 3.45. The second-order valence-corrected chi connectivity index (χ2v) is 9.12. The Balaban J connectivity index is 1.41. The Morgan fingerprint density at radius 1 is 1.03 bits per heavy atom. The highest BCUT2D eigenvalue weighted by Gasteiger charge is 2.35. The van der Waals surface area contributed by atoms with Gasteiger partial charge in [0.25, 0.3) is 11.8 Å². The van der Waals surface area contributed by atoms with Crippen LogP contribution in [-0.2, 0) is 17.5 Å². The largest absolute Gasteiger partial charge is 0.451 e. The Kier molecular flexibility index (Phi) is 8.57. The summed E-state index contributed by atoms with van der Waals surface area (Å²) in [6.07, 6.45) is 2.41. The third-order valence-electron chi connectivity index (χ3n) is 6.44. The van der Waals surface area contributed by atoms with Gasteiger partial charge in [-0.2, -0.15) is 13.2 Å². The van der Waals surface area contributed by atoms with Crippen molar-refractivity contribution >= 4 is 17.7 Å². The van der Waals surface area contributed by atoms with Crippen molar-refractivity contribution in [2.45, 2.75) is 50.9 Å². The number of pyridine rings is 1. The molecule has 3 N–H and O–H groups in total. The maximum absolute atomic E-state index is 12.9. The maximum atomic E-state index is 12.9. The summed E-state index contributed by atoms with van der Waals surface area (Å²) < 4.78 is 44.2. The van der Waals surface area contributed by atoms with Gasteiger partial charge in [0.2, 0.25) is 11.7 Å². The van der Waals surface area contributed by atoms with Gasteiger partial charge in [-0.15, -0.1) is 0 Å². The van der Waals surface area contributed by atoms with E-state index in [0.29, 0.717) is 11.3 Å². The van der Waals surface area contributed by atoms with Crippen molar-refractivity contribution in [3.05, 3.63) is 65.6 Å². The van der Waals surface area contributed by atoms with Crippen molar-refractivity contribution in [1.82, 2.24) is 30.9 Å². The molecule has 0 bridgehead atoms. The zero-order valence-electron chi connectivity index (χ0n) is 21.0. The molecule has 0 aromatic carbocycles. The Labute approximate surface area is 221 Å². The minimum absolute atomic E-state index is 0.0134. The Morgan fingerprint density at radius 2 is 1.77 bits per heavy atom. The predicted molar refractivity (Wildman–Crippen MR) is 132 cm³/mol. The number of carbonyl (C=O) groups is 3. The van der Waals surface area contributed by atoms with Crippen LogP contribution in [0.5, 0.6) is 0 Å². The highest BCUT2D eigenvalue weighted by atomic mass is 19.4. The molecule has 39 heavy (non-hydrogen) atoms. The van der Waals surface area contributed by atoms with Gasteiger partial charge in [-0.05, 0) is 54.7 Å². The van der Waals surface area contributed by atoms with Crippen molar-refractivity contribution in [3.63, 3.8) is 0 Å². The number of amides is 3. The molecule has 3 amide bonds. The van der Waals surface area contributed by atoms with Crippen LogP contribution in [-0.4, -0.2) is 45.8 Å². The van der Waals surface area contributed by atoms with Gasteiger partial charge in [-0.25, -0.2) is 9.97 Å². The minimum Gasteiger partial charge on any atom is -0.449 e. The van der Waals surface area contributed by atoms with E-state index in [-0.39, 0.29) is 29.9 Å². The second kappa shape index (κ2) is 12.0. The summed E-state index contributed by atoms with van der Waals surface area (Å²) >= 11 is 0. The van der Waals surface area contributed by atoms with Crippen LogP contribution in [0.1, 0.15) is 64.5 Å². The molecular weight excluding hydrogens is 517 g/mol. The smallest absolute Gasteiger partial charge is 0.449 e. The fourth-order valence-corrected chi connectivity index (χ4v) is 4.44. The van der Waals surface area contributed by atoms with Gasteiger partial charge in [0, 0.05) is 26.0 Å². The molecule has 0 saturated heterocycles. The third-order valence-corrected chi connectivity index (χ3v) is 6.44. The first-order valence-electron chi connectivity index (χ1n) is 12.4. The lowest BCUT2D eigenvalue weighted by Crippen LogP contribution is -2.50. The lowest BCUT2D eigenvalue weighted by atomic mass is 9.83. The molecule has 4 rings (SSSR count). The molecule has 1 atom stereocenters. The van der Waals surface area contributed by atoms with Crippen LogP contribution < -0.4 is 16.0 Å². The first kappa shape index (κ1) is 27.7. The number of nitrogens with one attached hydrogen (secondary N) is 3. The van der Waals surface area contributed by atoms with E-state index in [1.54, 1.807) is 18.2 Å². The lowest BCUT2D eigenvalue weighted by Gasteiger charge is -2.29. The van der Waals surface area contributed by atoms with Crippen LogP contribution in [0.3, 0.4) is 0 Å². The number of aromatic nitrogens is 3. The second-order valence-electron chi connectivity index (χ2n) is 9.12. The summed E-state index contributed by atoms with van der Waals surface area (Å²) in [5.41, 5.74) is 0.534. The predicted octanol–water partition coefficient (Wildman–Crippen LogP) is 3.51. The van der Waals surface area contributed by atoms with Gasteiger partial charge in [-0.1, -0.05) is 19.3 Å². The first-order valence-corrected chi connectivity index (χ1v) is 12.4. The van der Waals surface area contributed by atoms with Crippen LogP contribution in [0.2, 0.25) is 0 Å². The molecule has 3 aromatic rings. The molecule has 10 nitrogen and oxygen atoms in total. The molecular formula is C26H27F3N6O4. The summed E-state index contributed by atoms with van der Waals surface area (Å²) in [6.45, 7) is -0.0248. The number of rotatable bonds is 8. The Bertz CT molecular complexity index is 1340. The molecule has 1 saturated carbocycles. The Hall–Kier alpha value is -4.29. The Morgan fingerprint density at radius 3 is 2.49 bits per heavy atom. The van der Waals surface area contributed by atoms with Crippen molar-refractivity contribution < 1.29 is 32.0 Å². The fraction of sp³-hybridized carbons (Fsp3) is 0.385.